The summed E-state index contributed by atoms with van der Waals surface area (Å²) in [6.07, 6.45) is -2.58. The third-order valence-corrected chi connectivity index (χ3v) is 9.89. The normalized spacial score (nSPS) is 52.2. The van der Waals surface area contributed by atoms with Crippen LogP contribution in [0.3, 0.4) is 0 Å². The molecule has 2 bridgehead atoms. The molecule has 34 heavy (non-hydrogen) atoms. The van der Waals surface area contributed by atoms with E-state index < -0.39 is 82.4 Å². The third kappa shape index (κ3) is 2.61. The number of allylic oxidation sites excluding steroid dienone is 1. The van der Waals surface area contributed by atoms with Crippen LogP contribution in [-0.4, -0.2) is 69.9 Å². The molecule has 0 amide bonds. The molecule has 2 saturated heterocycles. The highest BCUT2D eigenvalue weighted by molar-refractivity contribution is 5.96. The molecule has 5 rings (SSSR count). The SMILES string of the molecule is CCC(C)C(=O)O[C@H]1C(=O)O[C@@H]2C[C@H]3C(C)=CC(=O)[C@@H](O)[C@]3(C)[C@H]3[C@@]4(O)OC[C@]32[C@@H]1[C@@H](C)[C@H]4O. The van der Waals surface area contributed by atoms with Crippen molar-refractivity contribution in [2.75, 3.05) is 6.61 Å². The largest absolute Gasteiger partial charge is 0.459 e. The molecular weight excluding hydrogens is 444 g/mol. The summed E-state index contributed by atoms with van der Waals surface area (Å²) in [6.45, 7) is 8.74. The Balaban J connectivity index is 1.69. The zero-order valence-corrected chi connectivity index (χ0v) is 20.2. The first-order valence-corrected chi connectivity index (χ1v) is 12.2. The van der Waals surface area contributed by atoms with Crippen molar-refractivity contribution in [1.82, 2.24) is 0 Å². The number of carbonyl (C=O) groups is 3. The Bertz CT molecular complexity index is 975. The summed E-state index contributed by atoms with van der Waals surface area (Å²) in [5, 5.41) is 34.3. The van der Waals surface area contributed by atoms with Gasteiger partial charge in [-0.1, -0.05) is 33.3 Å². The quantitative estimate of drug-likeness (QED) is 0.501. The Kier molecular flexibility index (Phi) is 5.17. The minimum atomic E-state index is -2.06. The average Bonchev–Trinajstić information content (AvgIpc) is 3.08. The summed E-state index contributed by atoms with van der Waals surface area (Å²) in [6, 6.07) is 0. The van der Waals surface area contributed by atoms with E-state index in [1.54, 1.807) is 27.7 Å². The fraction of sp³-hybridized carbons (Fsp3) is 0.800. The van der Waals surface area contributed by atoms with Gasteiger partial charge in [-0.05, 0) is 37.7 Å². The van der Waals surface area contributed by atoms with E-state index >= 15 is 0 Å². The first-order chi connectivity index (χ1) is 15.8. The number of ether oxygens (including phenoxy) is 3. The maximum Gasteiger partial charge on any atom is 0.348 e. The monoisotopic (exact) mass is 478 g/mol. The average molecular weight is 479 g/mol. The van der Waals surface area contributed by atoms with Crippen molar-refractivity contribution in [1.29, 1.82) is 0 Å². The lowest BCUT2D eigenvalue weighted by Crippen LogP contribution is -2.78. The van der Waals surface area contributed by atoms with Crippen molar-refractivity contribution < 1.29 is 43.9 Å². The van der Waals surface area contributed by atoms with Crippen LogP contribution < -0.4 is 0 Å². The van der Waals surface area contributed by atoms with E-state index in [0.717, 1.165) is 5.57 Å². The molecule has 0 aromatic carbocycles. The second kappa shape index (κ2) is 7.35. The predicted octanol–water partition coefficient (Wildman–Crippen LogP) is 0.734. The molecule has 1 unspecified atom stereocenters. The highest BCUT2D eigenvalue weighted by atomic mass is 16.7. The van der Waals surface area contributed by atoms with Crippen molar-refractivity contribution >= 4 is 17.7 Å². The van der Waals surface area contributed by atoms with Gasteiger partial charge < -0.3 is 29.5 Å². The van der Waals surface area contributed by atoms with Gasteiger partial charge in [-0.3, -0.25) is 9.59 Å². The molecule has 188 valence electrons. The zero-order chi connectivity index (χ0) is 25.0. The summed E-state index contributed by atoms with van der Waals surface area (Å²) < 4.78 is 17.6. The number of fused-ring (bicyclic) bond motifs is 1. The van der Waals surface area contributed by atoms with E-state index in [0.29, 0.717) is 12.8 Å². The van der Waals surface area contributed by atoms with Crippen LogP contribution in [-0.2, 0) is 28.6 Å². The Labute approximate surface area is 198 Å². The number of carbonyl (C=O) groups excluding carboxylic acids is 3. The van der Waals surface area contributed by atoms with Crippen LogP contribution >= 0.6 is 0 Å². The zero-order valence-electron chi connectivity index (χ0n) is 20.2. The topological polar surface area (TPSA) is 140 Å². The van der Waals surface area contributed by atoms with Gasteiger partial charge in [0.25, 0.3) is 0 Å². The van der Waals surface area contributed by atoms with Gasteiger partial charge in [0.15, 0.2) is 11.6 Å². The molecule has 4 fully saturated rings. The molecule has 2 aliphatic heterocycles. The molecule has 9 nitrogen and oxygen atoms in total. The number of aliphatic hydroxyl groups is 3. The number of aliphatic hydroxyl groups excluding tert-OH is 2. The first kappa shape index (κ1) is 23.9. The molecule has 0 aromatic rings. The third-order valence-electron chi connectivity index (χ3n) is 9.89. The standard InChI is InChI=1S/C25H34O9/c1-6-10(2)20(29)34-17-16-12(4)18(27)25(31)22-23(5)13(11(3)7-14(26)19(23)28)8-15(33-21(17)30)24(16,22)9-32-25/h7,10,12-13,15-19,22,27-28,31H,6,8-9H2,1-5H3/t10?,12-,13+,15-,16-,17-,18-,19-,22-,23-,24+,25+/m1/s1. The van der Waals surface area contributed by atoms with Crippen LogP contribution in [0.25, 0.3) is 0 Å². The molecule has 12 atom stereocenters. The maximum atomic E-state index is 13.2. The molecule has 2 saturated carbocycles. The van der Waals surface area contributed by atoms with Crippen molar-refractivity contribution in [3.63, 3.8) is 0 Å². The predicted molar refractivity (Wildman–Crippen MR) is 116 cm³/mol. The Morgan fingerprint density at radius 3 is 2.65 bits per heavy atom. The summed E-state index contributed by atoms with van der Waals surface area (Å²) in [7, 11) is 0. The minimum Gasteiger partial charge on any atom is -0.459 e. The van der Waals surface area contributed by atoms with E-state index in [1.807, 2.05) is 6.92 Å². The summed E-state index contributed by atoms with van der Waals surface area (Å²) >= 11 is 0. The van der Waals surface area contributed by atoms with Gasteiger partial charge in [0.2, 0.25) is 6.10 Å². The molecular formula is C25H34O9. The molecule has 5 aliphatic rings. The van der Waals surface area contributed by atoms with Gasteiger partial charge in [-0.15, -0.1) is 0 Å². The number of rotatable bonds is 3. The maximum absolute atomic E-state index is 13.2. The van der Waals surface area contributed by atoms with E-state index in [2.05, 4.69) is 0 Å². The van der Waals surface area contributed by atoms with Crippen LogP contribution in [0.15, 0.2) is 11.6 Å². The molecule has 3 aliphatic carbocycles. The van der Waals surface area contributed by atoms with E-state index in [9.17, 15) is 29.7 Å². The van der Waals surface area contributed by atoms with Crippen LogP contribution in [0.2, 0.25) is 0 Å². The van der Waals surface area contributed by atoms with E-state index in [-0.39, 0.29) is 12.5 Å². The molecule has 3 N–H and O–H groups in total. The number of hydrogen-bond acceptors (Lipinski definition) is 9. The van der Waals surface area contributed by atoms with E-state index in [4.69, 9.17) is 14.2 Å². The first-order valence-electron chi connectivity index (χ1n) is 12.2. The molecule has 1 spiro atoms. The van der Waals surface area contributed by atoms with Gasteiger partial charge in [-0.25, -0.2) is 4.79 Å². The van der Waals surface area contributed by atoms with Gasteiger partial charge in [0, 0.05) is 22.7 Å². The fourth-order valence-corrected chi connectivity index (χ4v) is 8.14. The Morgan fingerprint density at radius 2 is 2.00 bits per heavy atom. The second-order valence-electron chi connectivity index (χ2n) is 11.4. The lowest BCUT2D eigenvalue weighted by Gasteiger charge is -2.68. The number of esters is 2. The van der Waals surface area contributed by atoms with Crippen LogP contribution in [0, 0.1) is 40.4 Å². The lowest BCUT2D eigenvalue weighted by atomic mass is 9.38. The van der Waals surface area contributed by atoms with E-state index in [1.165, 1.54) is 6.08 Å². The Hall–Kier alpha value is -1.81. The van der Waals surface area contributed by atoms with Gasteiger partial charge in [0.1, 0.15) is 18.3 Å². The second-order valence-corrected chi connectivity index (χ2v) is 11.4. The van der Waals surface area contributed by atoms with Crippen molar-refractivity contribution in [3.05, 3.63) is 11.6 Å². The lowest BCUT2D eigenvalue weighted by molar-refractivity contribution is -0.340. The number of ketones is 1. The van der Waals surface area contributed by atoms with Gasteiger partial charge >= 0.3 is 11.9 Å². The van der Waals surface area contributed by atoms with Crippen LogP contribution in [0.1, 0.15) is 47.5 Å². The minimum absolute atomic E-state index is 0.0540. The molecule has 2 heterocycles. The van der Waals surface area contributed by atoms with Gasteiger partial charge in [0.05, 0.1) is 12.5 Å². The highest BCUT2D eigenvalue weighted by Gasteiger charge is 2.83. The molecule has 9 heteroatoms. The van der Waals surface area contributed by atoms with Crippen LogP contribution in [0.5, 0.6) is 0 Å². The van der Waals surface area contributed by atoms with Crippen molar-refractivity contribution in [3.8, 4) is 0 Å². The van der Waals surface area contributed by atoms with Crippen molar-refractivity contribution in [2.45, 2.75) is 77.7 Å². The van der Waals surface area contributed by atoms with Crippen molar-refractivity contribution in [2.24, 2.45) is 40.4 Å². The highest BCUT2D eigenvalue weighted by Crippen LogP contribution is 2.73. The smallest absolute Gasteiger partial charge is 0.348 e. The summed E-state index contributed by atoms with van der Waals surface area (Å²) in [5.74, 6) is -6.89. The summed E-state index contributed by atoms with van der Waals surface area (Å²) in [5.41, 5.74) is -1.51. The Morgan fingerprint density at radius 1 is 1.32 bits per heavy atom. The van der Waals surface area contributed by atoms with Gasteiger partial charge in [-0.2, -0.15) is 0 Å². The number of hydrogen-bond donors (Lipinski definition) is 3. The summed E-state index contributed by atoms with van der Waals surface area (Å²) in [4.78, 5) is 38.7. The molecule has 0 aromatic heterocycles. The fourth-order valence-electron chi connectivity index (χ4n) is 8.14. The van der Waals surface area contributed by atoms with Crippen LogP contribution in [0.4, 0.5) is 0 Å². The molecule has 0 radical (unpaired) electrons.